The molecule has 1 N–H and O–H groups in total. The first-order valence-corrected chi connectivity index (χ1v) is 9.11. The van der Waals surface area contributed by atoms with E-state index in [1.54, 1.807) is 11.6 Å². The molecule has 1 aliphatic rings. The zero-order chi connectivity index (χ0) is 18.2. The highest BCUT2D eigenvalue weighted by Crippen LogP contribution is 2.41. The second-order valence-corrected chi connectivity index (χ2v) is 7.36. The van der Waals surface area contributed by atoms with Crippen LogP contribution in [0.1, 0.15) is 24.6 Å². The molecule has 9 nitrogen and oxygen atoms in total. The maximum Gasteiger partial charge on any atom is 0.264 e. The van der Waals surface area contributed by atoms with Crippen molar-refractivity contribution in [2.45, 2.75) is 23.7 Å². The molecule has 25 heavy (non-hydrogen) atoms. The van der Waals surface area contributed by atoms with Crippen molar-refractivity contribution in [2.24, 2.45) is 7.05 Å². The normalized spacial score (nSPS) is 14.2. The first kappa shape index (κ1) is 17.3. The lowest BCUT2D eigenvalue weighted by Gasteiger charge is -2.14. The molecular formula is C15H20N4O5S. The third-order valence-corrected chi connectivity index (χ3v) is 5.33. The molecule has 0 spiro atoms. The second-order valence-electron chi connectivity index (χ2n) is 5.68. The van der Waals surface area contributed by atoms with Crippen molar-refractivity contribution in [1.82, 2.24) is 14.8 Å². The molecule has 2 aromatic rings. The summed E-state index contributed by atoms with van der Waals surface area (Å²) in [6.45, 7) is 0. The van der Waals surface area contributed by atoms with E-state index in [1.165, 1.54) is 33.5 Å². The van der Waals surface area contributed by atoms with Gasteiger partial charge in [0.15, 0.2) is 11.5 Å². The molecule has 10 heteroatoms. The number of methoxy groups -OCH3 is 3. The first-order valence-electron chi connectivity index (χ1n) is 7.63. The van der Waals surface area contributed by atoms with Crippen LogP contribution in [0.15, 0.2) is 17.0 Å². The van der Waals surface area contributed by atoms with Crippen LogP contribution in [-0.4, -0.2) is 44.5 Å². The summed E-state index contributed by atoms with van der Waals surface area (Å²) in [5.74, 6) is 2.12. The van der Waals surface area contributed by atoms with E-state index in [0.29, 0.717) is 11.7 Å². The third-order valence-electron chi connectivity index (χ3n) is 4.03. The molecule has 1 aromatic carbocycles. The van der Waals surface area contributed by atoms with Gasteiger partial charge in [-0.25, -0.2) is 13.1 Å². The summed E-state index contributed by atoms with van der Waals surface area (Å²) in [6, 6.07) is 2.73. The lowest BCUT2D eigenvalue weighted by Crippen LogP contribution is -2.16. The topological polar surface area (TPSA) is 105 Å². The highest BCUT2D eigenvalue weighted by Gasteiger charge is 2.30. The quantitative estimate of drug-likeness (QED) is 0.790. The van der Waals surface area contributed by atoms with Gasteiger partial charge in [0.2, 0.25) is 11.7 Å². The van der Waals surface area contributed by atoms with Crippen LogP contribution >= 0.6 is 0 Å². The van der Waals surface area contributed by atoms with E-state index >= 15 is 0 Å². The maximum atomic E-state index is 12.7. The molecule has 1 saturated carbocycles. The summed E-state index contributed by atoms with van der Waals surface area (Å²) in [6.07, 6.45) is 2.09. The molecule has 0 bridgehead atoms. The summed E-state index contributed by atoms with van der Waals surface area (Å²) < 4.78 is 45.2. The highest BCUT2D eigenvalue weighted by atomic mass is 32.2. The van der Waals surface area contributed by atoms with Crippen LogP contribution in [0.2, 0.25) is 0 Å². The van der Waals surface area contributed by atoms with Crippen LogP contribution in [0.25, 0.3) is 0 Å². The minimum Gasteiger partial charge on any atom is -0.493 e. The summed E-state index contributed by atoms with van der Waals surface area (Å²) in [4.78, 5) is -0.0297. The lowest BCUT2D eigenvalue weighted by atomic mass is 10.3. The minimum absolute atomic E-state index is 0.0297. The van der Waals surface area contributed by atoms with E-state index in [1.807, 2.05) is 0 Å². The molecule has 0 atom stereocenters. The minimum atomic E-state index is -3.91. The number of ether oxygens (including phenoxy) is 3. The average Bonchev–Trinajstić information content (AvgIpc) is 3.38. The molecule has 0 amide bonds. The van der Waals surface area contributed by atoms with Crippen molar-refractivity contribution < 1.29 is 22.6 Å². The van der Waals surface area contributed by atoms with Crippen LogP contribution in [0.5, 0.6) is 17.2 Å². The molecule has 1 heterocycles. The van der Waals surface area contributed by atoms with E-state index in [-0.39, 0.29) is 22.3 Å². The molecule has 136 valence electrons. The molecule has 1 aliphatic carbocycles. The summed E-state index contributed by atoms with van der Waals surface area (Å²) >= 11 is 0. The summed E-state index contributed by atoms with van der Waals surface area (Å²) in [5.41, 5.74) is 0. The fourth-order valence-electron chi connectivity index (χ4n) is 2.52. The fraction of sp³-hybridized carbons (Fsp3) is 0.467. The molecule has 1 aromatic heterocycles. The predicted octanol–water partition coefficient (Wildman–Crippen LogP) is 1.52. The van der Waals surface area contributed by atoms with Gasteiger partial charge in [-0.3, -0.25) is 4.57 Å². The van der Waals surface area contributed by atoms with Crippen LogP contribution < -0.4 is 18.9 Å². The molecule has 0 aliphatic heterocycles. The van der Waals surface area contributed by atoms with Gasteiger partial charge >= 0.3 is 0 Å². The average molecular weight is 368 g/mol. The molecule has 0 saturated heterocycles. The summed E-state index contributed by atoms with van der Waals surface area (Å²) in [5, 5.41) is 8.01. The van der Waals surface area contributed by atoms with Gasteiger partial charge in [-0.2, -0.15) is 0 Å². The summed E-state index contributed by atoms with van der Waals surface area (Å²) in [7, 11) is 2.12. The van der Waals surface area contributed by atoms with Gasteiger partial charge in [-0.05, 0) is 12.8 Å². The Hall–Kier alpha value is -2.49. The Labute approximate surface area is 146 Å². The van der Waals surface area contributed by atoms with E-state index in [9.17, 15) is 8.42 Å². The Kier molecular flexibility index (Phi) is 4.46. The number of aromatic nitrogens is 3. The number of nitrogens with one attached hydrogen (secondary N) is 1. The second kappa shape index (κ2) is 6.43. The Balaban J connectivity index is 1.97. The van der Waals surface area contributed by atoms with Crippen LogP contribution in [0.4, 0.5) is 5.95 Å². The highest BCUT2D eigenvalue weighted by molar-refractivity contribution is 7.92. The van der Waals surface area contributed by atoms with Gasteiger partial charge in [0, 0.05) is 25.1 Å². The fourth-order valence-corrected chi connectivity index (χ4v) is 3.58. The van der Waals surface area contributed by atoms with Gasteiger partial charge in [0.25, 0.3) is 10.0 Å². The Morgan fingerprint density at radius 1 is 1.08 bits per heavy atom. The van der Waals surface area contributed by atoms with Crippen LogP contribution in [0, 0.1) is 0 Å². The van der Waals surface area contributed by atoms with E-state index in [4.69, 9.17) is 14.2 Å². The Bertz CT molecular complexity index is 864. The zero-order valence-corrected chi connectivity index (χ0v) is 15.3. The van der Waals surface area contributed by atoms with Crippen molar-refractivity contribution in [3.05, 3.63) is 18.0 Å². The van der Waals surface area contributed by atoms with E-state index in [2.05, 4.69) is 14.9 Å². The van der Waals surface area contributed by atoms with Gasteiger partial charge in [0.1, 0.15) is 5.82 Å². The number of anilines is 1. The molecule has 1 fully saturated rings. The van der Waals surface area contributed by atoms with Gasteiger partial charge in [0.05, 0.1) is 26.2 Å². The van der Waals surface area contributed by atoms with Crippen molar-refractivity contribution >= 4 is 16.0 Å². The van der Waals surface area contributed by atoms with E-state index in [0.717, 1.165) is 18.7 Å². The number of rotatable bonds is 7. The van der Waals surface area contributed by atoms with Crippen LogP contribution in [-0.2, 0) is 17.1 Å². The van der Waals surface area contributed by atoms with Crippen molar-refractivity contribution in [1.29, 1.82) is 0 Å². The van der Waals surface area contributed by atoms with E-state index < -0.39 is 10.0 Å². The number of nitrogens with zero attached hydrogens (tertiary/aromatic N) is 3. The number of sulfonamides is 1. The smallest absolute Gasteiger partial charge is 0.264 e. The van der Waals surface area contributed by atoms with Gasteiger partial charge in [-0.15, -0.1) is 10.2 Å². The monoisotopic (exact) mass is 368 g/mol. The molecule has 0 radical (unpaired) electrons. The molecular weight excluding hydrogens is 348 g/mol. The van der Waals surface area contributed by atoms with Crippen molar-refractivity contribution in [2.75, 3.05) is 26.1 Å². The van der Waals surface area contributed by atoms with Crippen molar-refractivity contribution in [3.63, 3.8) is 0 Å². The lowest BCUT2D eigenvalue weighted by molar-refractivity contribution is 0.323. The number of hydrogen-bond donors (Lipinski definition) is 1. The maximum absolute atomic E-state index is 12.7. The predicted molar refractivity (Wildman–Crippen MR) is 89.9 cm³/mol. The standard InChI is InChI=1S/C15H20N4O5S/c1-19-14(9-5-6-9)16-17-15(19)18-25(20,21)10-7-11(22-2)13(24-4)12(8-10)23-3/h7-9H,5-6H2,1-4H3,(H,17,18). The number of hydrogen-bond acceptors (Lipinski definition) is 7. The Morgan fingerprint density at radius 3 is 2.16 bits per heavy atom. The van der Waals surface area contributed by atoms with Gasteiger partial charge < -0.3 is 14.2 Å². The Morgan fingerprint density at radius 2 is 1.68 bits per heavy atom. The first-order chi connectivity index (χ1) is 11.9. The number of benzene rings is 1. The zero-order valence-electron chi connectivity index (χ0n) is 14.4. The van der Waals surface area contributed by atoms with Crippen LogP contribution in [0.3, 0.4) is 0 Å². The van der Waals surface area contributed by atoms with Crippen molar-refractivity contribution in [3.8, 4) is 17.2 Å². The largest absolute Gasteiger partial charge is 0.493 e. The molecule has 3 rings (SSSR count). The third kappa shape index (κ3) is 3.21. The SMILES string of the molecule is COc1cc(S(=O)(=O)Nc2nnc(C3CC3)n2C)cc(OC)c1OC. The van der Waals surface area contributed by atoms with Gasteiger partial charge in [-0.1, -0.05) is 0 Å². The molecule has 0 unspecified atom stereocenters.